The van der Waals surface area contributed by atoms with E-state index in [1.54, 1.807) is 0 Å². The molecule has 2 atom stereocenters. The SMILES string of the molecule is O=C(O)C1CCC(CNC(=O)C2CCCCC2O)CC1. The second-order valence-electron chi connectivity index (χ2n) is 6.26. The maximum atomic E-state index is 12.1. The third-order valence-corrected chi connectivity index (χ3v) is 4.83. The Morgan fingerprint density at radius 3 is 2.25 bits per heavy atom. The maximum absolute atomic E-state index is 12.1. The third-order valence-electron chi connectivity index (χ3n) is 4.83. The molecule has 2 aliphatic rings. The fraction of sp³-hybridized carbons (Fsp3) is 0.867. The molecule has 0 aromatic carbocycles. The van der Waals surface area contributed by atoms with Crippen molar-refractivity contribution in [2.45, 2.75) is 57.5 Å². The molecule has 0 aromatic rings. The highest BCUT2D eigenvalue weighted by Crippen LogP contribution is 2.29. The van der Waals surface area contributed by atoms with Gasteiger partial charge in [-0.3, -0.25) is 9.59 Å². The average Bonchev–Trinajstić information content (AvgIpc) is 2.45. The lowest BCUT2D eigenvalue weighted by Gasteiger charge is -2.29. The smallest absolute Gasteiger partial charge is 0.306 e. The number of carbonyl (C=O) groups is 2. The van der Waals surface area contributed by atoms with E-state index < -0.39 is 12.1 Å². The lowest BCUT2D eigenvalue weighted by atomic mass is 9.81. The summed E-state index contributed by atoms with van der Waals surface area (Å²) in [6, 6.07) is 0. The highest BCUT2D eigenvalue weighted by molar-refractivity contribution is 5.79. The summed E-state index contributed by atoms with van der Waals surface area (Å²) in [5.74, 6) is -0.799. The second kappa shape index (κ2) is 7.07. The molecule has 0 heterocycles. The Hall–Kier alpha value is -1.10. The van der Waals surface area contributed by atoms with Gasteiger partial charge in [0.1, 0.15) is 0 Å². The average molecular weight is 283 g/mol. The van der Waals surface area contributed by atoms with Gasteiger partial charge in [0.2, 0.25) is 5.91 Å². The second-order valence-corrected chi connectivity index (χ2v) is 6.26. The summed E-state index contributed by atoms with van der Waals surface area (Å²) in [5, 5.41) is 21.7. The molecular weight excluding hydrogens is 258 g/mol. The van der Waals surface area contributed by atoms with Crippen LogP contribution in [0.1, 0.15) is 51.4 Å². The summed E-state index contributed by atoms with van der Waals surface area (Å²) in [6.07, 6.45) is 6.18. The van der Waals surface area contributed by atoms with Crippen LogP contribution < -0.4 is 5.32 Å². The van der Waals surface area contributed by atoms with Crippen molar-refractivity contribution in [3.8, 4) is 0 Å². The fourth-order valence-corrected chi connectivity index (χ4v) is 3.41. The number of carboxylic acids is 1. The van der Waals surface area contributed by atoms with E-state index in [1.807, 2.05) is 0 Å². The predicted octanol–water partition coefficient (Wildman–Crippen LogP) is 1.54. The van der Waals surface area contributed by atoms with Crippen LogP contribution in [0.15, 0.2) is 0 Å². The zero-order valence-corrected chi connectivity index (χ0v) is 11.9. The first-order valence-corrected chi connectivity index (χ1v) is 7.76. The maximum Gasteiger partial charge on any atom is 0.306 e. The number of rotatable bonds is 4. The molecule has 1 amide bonds. The van der Waals surface area contributed by atoms with Crippen LogP contribution >= 0.6 is 0 Å². The molecule has 2 saturated carbocycles. The summed E-state index contributed by atoms with van der Waals surface area (Å²) >= 11 is 0. The Morgan fingerprint density at radius 1 is 1.00 bits per heavy atom. The van der Waals surface area contributed by atoms with Crippen molar-refractivity contribution < 1.29 is 19.8 Å². The summed E-state index contributed by atoms with van der Waals surface area (Å²) < 4.78 is 0. The predicted molar refractivity (Wildman–Crippen MR) is 74.1 cm³/mol. The number of aliphatic hydroxyl groups is 1. The van der Waals surface area contributed by atoms with Gasteiger partial charge >= 0.3 is 5.97 Å². The molecule has 3 N–H and O–H groups in total. The number of carboxylic acid groups (broad SMARTS) is 1. The van der Waals surface area contributed by atoms with Crippen molar-refractivity contribution in [2.75, 3.05) is 6.54 Å². The molecule has 2 fully saturated rings. The van der Waals surface area contributed by atoms with Gasteiger partial charge in [-0.15, -0.1) is 0 Å². The van der Waals surface area contributed by atoms with Gasteiger partial charge in [0.25, 0.3) is 0 Å². The minimum absolute atomic E-state index is 0.0300. The van der Waals surface area contributed by atoms with Gasteiger partial charge in [0, 0.05) is 6.54 Å². The minimum Gasteiger partial charge on any atom is -0.481 e. The third kappa shape index (κ3) is 3.95. The number of nitrogens with one attached hydrogen (secondary N) is 1. The van der Waals surface area contributed by atoms with Crippen molar-refractivity contribution >= 4 is 11.9 Å². The molecule has 20 heavy (non-hydrogen) atoms. The zero-order valence-electron chi connectivity index (χ0n) is 11.9. The van der Waals surface area contributed by atoms with Crippen molar-refractivity contribution in [3.05, 3.63) is 0 Å². The number of hydrogen-bond donors (Lipinski definition) is 3. The van der Waals surface area contributed by atoms with E-state index in [4.69, 9.17) is 5.11 Å². The van der Waals surface area contributed by atoms with E-state index in [0.717, 1.165) is 38.5 Å². The Morgan fingerprint density at radius 2 is 1.65 bits per heavy atom. The molecule has 0 bridgehead atoms. The van der Waals surface area contributed by atoms with Crippen molar-refractivity contribution in [3.63, 3.8) is 0 Å². The number of aliphatic hydroxyl groups excluding tert-OH is 1. The van der Waals surface area contributed by atoms with Crippen molar-refractivity contribution in [2.24, 2.45) is 17.8 Å². The molecule has 0 aromatic heterocycles. The van der Waals surface area contributed by atoms with Gasteiger partial charge in [0.15, 0.2) is 0 Å². The lowest BCUT2D eigenvalue weighted by Crippen LogP contribution is -2.41. The topological polar surface area (TPSA) is 86.6 Å². The van der Waals surface area contributed by atoms with E-state index in [1.165, 1.54) is 0 Å². The Bertz CT molecular complexity index is 350. The van der Waals surface area contributed by atoms with Crippen molar-refractivity contribution in [1.82, 2.24) is 5.32 Å². The molecule has 0 radical (unpaired) electrons. The first-order chi connectivity index (χ1) is 9.58. The van der Waals surface area contributed by atoms with E-state index in [0.29, 0.717) is 25.3 Å². The van der Waals surface area contributed by atoms with E-state index in [-0.39, 0.29) is 17.7 Å². The molecule has 0 saturated heterocycles. The normalized spacial score (nSPS) is 34.5. The molecule has 2 aliphatic carbocycles. The fourth-order valence-electron chi connectivity index (χ4n) is 3.41. The van der Waals surface area contributed by atoms with Crippen LogP contribution in [-0.4, -0.2) is 34.7 Å². The number of amides is 1. The highest BCUT2D eigenvalue weighted by atomic mass is 16.4. The van der Waals surface area contributed by atoms with Crippen LogP contribution in [-0.2, 0) is 9.59 Å². The number of carbonyl (C=O) groups excluding carboxylic acids is 1. The molecular formula is C15H25NO4. The van der Waals surface area contributed by atoms with E-state index >= 15 is 0 Å². The van der Waals surface area contributed by atoms with Crippen LogP contribution in [0, 0.1) is 17.8 Å². The van der Waals surface area contributed by atoms with Gasteiger partial charge in [-0.05, 0) is 44.4 Å². The Labute approximate surface area is 119 Å². The molecule has 2 rings (SSSR count). The van der Waals surface area contributed by atoms with Crippen LogP contribution in [0.4, 0.5) is 0 Å². The van der Waals surface area contributed by atoms with Crippen LogP contribution in [0.3, 0.4) is 0 Å². The molecule has 5 nitrogen and oxygen atoms in total. The highest BCUT2D eigenvalue weighted by Gasteiger charge is 2.30. The van der Waals surface area contributed by atoms with Crippen LogP contribution in [0.25, 0.3) is 0 Å². The largest absolute Gasteiger partial charge is 0.481 e. The minimum atomic E-state index is -0.696. The summed E-state index contributed by atoms with van der Waals surface area (Å²) in [7, 11) is 0. The molecule has 114 valence electrons. The Kier molecular flexibility index (Phi) is 5.40. The Balaban J connectivity index is 1.70. The van der Waals surface area contributed by atoms with Gasteiger partial charge < -0.3 is 15.5 Å². The van der Waals surface area contributed by atoms with Crippen LogP contribution in [0.5, 0.6) is 0 Å². The molecule has 0 spiro atoms. The monoisotopic (exact) mass is 283 g/mol. The summed E-state index contributed by atoms with van der Waals surface area (Å²) in [6.45, 7) is 0.619. The summed E-state index contributed by atoms with van der Waals surface area (Å²) in [4.78, 5) is 22.9. The van der Waals surface area contributed by atoms with Gasteiger partial charge in [-0.2, -0.15) is 0 Å². The van der Waals surface area contributed by atoms with Crippen molar-refractivity contribution in [1.29, 1.82) is 0 Å². The number of hydrogen-bond acceptors (Lipinski definition) is 3. The van der Waals surface area contributed by atoms with Gasteiger partial charge in [-0.25, -0.2) is 0 Å². The number of aliphatic carboxylic acids is 1. The standard InChI is InChI=1S/C15H25NO4/c17-13-4-2-1-3-12(13)14(18)16-9-10-5-7-11(8-6-10)15(19)20/h10-13,17H,1-9H2,(H,16,18)(H,19,20). The first-order valence-electron chi connectivity index (χ1n) is 7.76. The molecule has 5 heteroatoms. The lowest BCUT2D eigenvalue weighted by molar-refractivity contribution is -0.143. The van der Waals surface area contributed by atoms with Crippen LogP contribution in [0.2, 0.25) is 0 Å². The van der Waals surface area contributed by atoms with E-state index in [9.17, 15) is 14.7 Å². The molecule has 2 unspecified atom stereocenters. The zero-order chi connectivity index (χ0) is 14.5. The van der Waals surface area contributed by atoms with E-state index in [2.05, 4.69) is 5.32 Å². The van der Waals surface area contributed by atoms with Gasteiger partial charge in [0.05, 0.1) is 17.9 Å². The molecule has 0 aliphatic heterocycles. The first kappa shape index (κ1) is 15.3. The quantitative estimate of drug-likeness (QED) is 0.730. The van der Waals surface area contributed by atoms with Gasteiger partial charge in [-0.1, -0.05) is 12.8 Å². The summed E-state index contributed by atoms with van der Waals surface area (Å²) in [5.41, 5.74) is 0.